The Bertz CT molecular complexity index is 623. The maximum absolute atomic E-state index is 12.4. The molecule has 0 aromatic heterocycles. The van der Waals surface area contributed by atoms with Gasteiger partial charge in [0, 0.05) is 19.7 Å². The molecule has 1 heterocycles. The summed E-state index contributed by atoms with van der Waals surface area (Å²) in [7, 11) is -2.46. The Morgan fingerprint density at radius 2 is 2.29 bits per heavy atom. The Hall–Kier alpha value is -1.06. The molecule has 0 aliphatic carbocycles. The number of nitrogen functional groups attached to an aromatic ring is 1. The van der Waals surface area contributed by atoms with Crippen molar-refractivity contribution in [2.24, 2.45) is 0 Å². The summed E-state index contributed by atoms with van der Waals surface area (Å²) in [6.07, 6.45) is 1.68. The van der Waals surface area contributed by atoms with E-state index in [0.29, 0.717) is 13.2 Å². The third-order valence-electron chi connectivity index (χ3n) is 3.36. The van der Waals surface area contributed by atoms with E-state index in [4.69, 9.17) is 22.1 Å². The molecule has 0 radical (unpaired) electrons. The molecule has 1 aromatic carbocycles. The molecule has 118 valence electrons. The van der Waals surface area contributed by atoms with Crippen LogP contribution in [0.25, 0.3) is 0 Å². The highest BCUT2D eigenvalue weighted by molar-refractivity contribution is 7.89. The first-order valence-electron chi connectivity index (χ1n) is 6.41. The van der Waals surface area contributed by atoms with Crippen molar-refractivity contribution >= 4 is 27.3 Å². The van der Waals surface area contributed by atoms with Crippen LogP contribution in [0, 0.1) is 0 Å². The highest BCUT2D eigenvalue weighted by atomic mass is 35.5. The molecule has 7 nitrogen and oxygen atoms in total. The summed E-state index contributed by atoms with van der Waals surface area (Å²) < 4.78 is 29.9. The van der Waals surface area contributed by atoms with E-state index in [2.05, 4.69) is 4.83 Å². The lowest BCUT2D eigenvalue weighted by molar-refractivity contribution is 0.104. The maximum Gasteiger partial charge on any atom is 0.258 e. The molecule has 21 heavy (non-hydrogen) atoms. The average Bonchev–Trinajstić information content (AvgIpc) is 2.81. The van der Waals surface area contributed by atoms with Crippen molar-refractivity contribution < 1.29 is 18.3 Å². The number of hydrogen-bond acceptors (Lipinski definition) is 6. The second-order valence-electron chi connectivity index (χ2n) is 4.85. The zero-order chi connectivity index (χ0) is 15.6. The number of ether oxygens (including phenoxy) is 1. The molecule has 4 N–H and O–H groups in total. The minimum absolute atomic E-state index is 0.0466. The molecule has 0 amide bonds. The van der Waals surface area contributed by atoms with Crippen molar-refractivity contribution in [2.75, 3.05) is 26.0 Å². The molecular weight excluding hydrogens is 318 g/mol. The minimum Gasteiger partial charge on any atom is -0.504 e. The molecule has 0 spiro atoms. The van der Waals surface area contributed by atoms with Gasteiger partial charge in [0.05, 0.1) is 17.3 Å². The van der Waals surface area contributed by atoms with Gasteiger partial charge in [-0.15, -0.1) is 4.83 Å². The normalized spacial score (nSPS) is 20.0. The van der Waals surface area contributed by atoms with E-state index in [1.54, 1.807) is 12.1 Å². The molecule has 1 unspecified atom stereocenters. The van der Waals surface area contributed by atoms with E-state index in [9.17, 15) is 13.5 Å². The highest BCUT2D eigenvalue weighted by Crippen LogP contribution is 2.35. The zero-order valence-electron chi connectivity index (χ0n) is 11.5. The number of hydrazine groups is 1. The lowest BCUT2D eigenvalue weighted by Gasteiger charge is -2.24. The topological polar surface area (TPSA) is 105 Å². The first kappa shape index (κ1) is 16.3. The number of sulfonamides is 1. The lowest BCUT2D eigenvalue weighted by Crippen LogP contribution is -2.46. The van der Waals surface area contributed by atoms with E-state index < -0.39 is 20.7 Å². The fourth-order valence-corrected chi connectivity index (χ4v) is 4.13. The van der Waals surface area contributed by atoms with Crippen molar-refractivity contribution in [3.05, 3.63) is 17.2 Å². The second kappa shape index (κ2) is 6.37. The maximum atomic E-state index is 12.4. The van der Waals surface area contributed by atoms with Crippen LogP contribution in [0.1, 0.15) is 12.8 Å². The molecule has 1 saturated heterocycles. The molecule has 1 atom stereocenters. The number of benzene rings is 1. The van der Waals surface area contributed by atoms with Crippen molar-refractivity contribution in [1.82, 2.24) is 9.84 Å². The predicted molar refractivity (Wildman–Crippen MR) is 79.5 cm³/mol. The molecule has 9 heteroatoms. The van der Waals surface area contributed by atoms with Gasteiger partial charge in [-0.05, 0) is 25.0 Å². The van der Waals surface area contributed by atoms with Gasteiger partial charge in [-0.3, -0.25) is 0 Å². The van der Waals surface area contributed by atoms with Crippen LogP contribution in [0.15, 0.2) is 17.0 Å². The number of nitrogens with two attached hydrogens (primary N) is 1. The van der Waals surface area contributed by atoms with E-state index in [1.807, 2.05) is 0 Å². The Morgan fingerprint density at radius 3 is 2.95 bits per heavy atom. The van der Waals surface area contributed by atoms with Gasteiger partial charge in [0.25, 0.3) is 10.0 Å². The number of halogens is 1. The second-order valence-corrected chi connectivity index (χ2v) is 6.86. The minimum atomic E-state index is -4.02. The van der Waals surface area contributed by atoms with E-state index >= 15 is 0 Å². The number of nitrogens with one attached hydrogen (secondary N) is 1. The van der Waals surface area contributed by atoms with Crippen molar-refractivity contribution in [3.63, 3.8) is 0 Å². The fourth-order valence-electron chi connectivity index (χ4n) is 2.34. The number of nitrogens with zero attached hydrogens (tertiary/aromatic N) is 1. The Balaban J connectivity index is 2.29. The van der Waals surface area contributed by atoms with Crippen LogP contribution in [0.4, 0.5) is 5.69 Å². The summed E-state index contributed by atoms with van der Waals surface area (Å²) in [6, 6.07) is 2.63. The predicted octanol–water partition coefficient (Wildman–Crippen LogP) is 0.932. The summed E-state index contributed by atoms with van der Waals surface area (Å²) in [5.41, 5.74) is 5.49. The standard InChI is InChI=1S/C12H18ClN3O4S/c1-20-7-8-3-2-6-16(8)15-21(18,19)12-9(13)4-5-10(14)11(12)17/h4-5,8,15,17H,2-3,6-7,14H2,1H3. The van der Waals surface area contributed by atoms with Crippen LogP contribution < -0.4 is 10.6 Å². The van der Waals surface area contributed by atoms with E-state index in [0.717, 1.165) is 12.8 Å². The first-order valence-corrected chi connectivity index (χ1v) is 8.28. The number of phenolic OH excluding ortho intramolecular Hbond substituents is 1. The van der Waals surface area contributed by atoms with Gasteiger partial charge in [0.2, 0.25) is 0 Å². The lowest BCUT2D eigenvalue weighted by atomic mass is 10.2. The molecule has 1 fully saturated rings. The van der Waals surface area contributed by atoms with Crippen LogP contribution in [0.3, 0.4) is 0 Å². The highest BCUT2D eigenvalue weighted by Gasteiger charge is 2.31. The SMILES string of the molecule is COCC1CCCN1NS(=O)(=O)c1c(Cl)ccc(N)c1O. The Labute approximate surface area is 128 Å². The van der Waals surface area contributed by atoms with Gasteiger partial charge in [0.1, 0.15) is 4.90 Å². The van der Waals surface area contributed by atoms with Gasteiger partial charge in [-0.25, -0.2) is 13.4 Å². The van der Waals surface area contributed by atoms with Crippen molar-refractivity contribution in [1.29, 1.82) is 0 Å². The Kier molecular flexibility index (Phi) is 4.95. The average molecular weight is 336 g/mol. The molecular formula is C12H18ClN3O4S. The van der Waals surface area contributed by atoms with Crippen LogP contribution in [-0.4, -0.2) is 44.8 Å². The quantitative estimate of drug-likeness (QED) is 0.546. The number of anilines is 1. The molecule has 1 aromatic rings. The largest absolute Gasteiger partial charge is 0.504 e. The van der Waals surface area contributed by atoms with Crippen molar-refractivity contribution in [2.45, 2.75) is 23.8 Å². The molecule has 0 bridgehead atoms. The summed E-state index contributed by atoms with van der Waals surface area (Å²) in [5.74, 6) is -0.544. The van der Waals surface area contributed by atoms with E-state index in [1.165, 1.54) is 12.1 Å². The van der Waals surface area contributed by atoms with Crippen LogP contribution in [0.2, 0.25) is 5.02 Å². The number of aromatic hydroxyl groups is 1. The summed E-state index contributed by atoms with van der Waals surface area (Å²) in [6.45, 7) is 0.979. The van der Waals surface area contributed by atoms with Gasteiger partial charge in [0.15, 0.2) is 5.75 Å². The monoisotopic (exact) mass is 335 g/mol. The molecule has 1 aliphatic rings. The molecule has 2 rings (SSSR count). The van der Waals surface area contributed by atoms with E-state index in [-0.39, 0.29) is 16.8 Å². The van der Waals surface area contributed by atoms with Gasteiger partial charge in [-0.2, -0.15) is 0 Å². The zero-order valence-corrected chi connectivity index (χ0v) is 13.1. The Morgan fingerprint density at radius 1 is 1.57 bits per heavy atom. The fraction of sp³-hybridized carbons (Fsp3) is 0.500. The van der Waals surface area contributed by atoms with Crippen LogP contribution in [-0.2, 0) is 14.8 Å². The number of methoxy groups -OCH3 is 1. The van der Waals surface area contributed by atoms with Gasteiger partial charge in [-0.1, -0.05) is 11.6 Å². The third kappa shape index (κ3) is 3.41. The smallest absolute Gasteiger partial charge is 0.258 e. The van der Waals surface area contributed by atoms with Gasteiger partial charge < -0.3 is 15.6 Å². The number of rotatable bonds is 5. The summed E-state index contributed by atoms with van der Waals surface area (Å²) >= 11 is 5.89. The third-order valence-corrected chi connectivity index (χ3v) is 5.21. The van der Waals surface area contributed by atoms with Crippen LogP contribution in [0.5, 0.6) is 5.75 Å². The van der Waals surface area contributed by atoms with Gasteiger partial charge >= 0.3 is 0 Å². The first-order chi connectivity index (χ1) is 9.86. The summed E-state index contributed by atoms with van der Waals surface area (Å²) in [4.78, 5) is 2.03. The molecule has 0 saturated carbocycles. The van der Waals surface area contributed by atoms with Crippen molar-refractivity contribution in [3.8, 4) is 5.75 Å². The number of hydrogen-bond donors (Lipinski definition) is 3. The summed E-state index contributed by atoms with van der Waals surface area (Å²) in [5, 5.41) is 11.4. The molecule has 1 aliphatic heterocycles. The number of phenols is 1. The van der Waals surface area contributed by atoms with Crippen LogP contribution >= 0.6 is 11.6 Å².